The predicted molar refractivity (Wildman–Crippen MR) is 160 cm³/mol. The van der Waals surface area contributed by atoms with Gasteiger partial charge in [-0.2, -0.15) is 0 Å². The van der Waals surface area contributed by atoms with E-state index in [0.717, 1.165) is 16.5 Å². The highest BCUT2D eigenvalue weighted by atomic mass is 35.5. The highest BCUT2D eigenvalue weighted by molar-refractivity contribution is 7.90. The average Bonchev–Trinajstić information content (AvgIpc) is 3.39. The van der Waals surface area contributed by atoms with Crippen LogP contribution in [0.2, 0.25) is 5.02 Å². The second-order valence-corrected chi connectivity index (χ2v) is 13.1. The standard InChI is InChI=1S/C30H30ClFN4O4S/c1-30(11-3-4-21(32)16-30)18-39-28-9-6-22(15-25(28)31)36-29-24-14-20(5-8-26(24)34-19-35-29)27-10-7-23(40-27)17-33-12-13-41(2,37)38/h3-11,14-15,19,33H,12-13,16-18H2,1-2H3,(H,34,35,36). The van der Waals surface area contributed by atoms with Gasteiger partial charge in [-0.1, -0.05) is 30.7 Å². The van der Waals surface area contributed by atoms with E-state index >= 15 is 0 Å². The van der Waals surface area contributed by atoms with Crippen LogP contribution in [0.15, 0.2) is 83.3 Å². The van der Waals surface area contributed by atoms with Gasteiger partial charge in [-0.15, -0.1) is 0 Å². The molecule has 2 aromatic heterocycles. The summed E-state index contributed by atoms with van der Waals surface area (Å²) in [6.45, 7) is 3.00. The Morgan fingerprint density at radius 1 is 1.15 bits per heavy atom. The summed E-state index contributed by atoms with van der Waals surface area (Å²) in [6, 6.07) is 14.9. The Bertz CT molecular complexity index is 1740. The molecule has 5 rings (SSSR count). The van der Waals surface area contributed by atoms with Gasteiger partial charge < -0.3 is 19.8 Å². The van der Waals surface area contributed by atoms with Crippen molar-refractivity contribution in [3.63, 3.8) is 0 Å². The van der Waals surface area contributed by atoms with Crippen molar-refractivity contribution in [3.8, 4) is 17.1 Å². The zero-order valence-corrected chi connectivity index (χ0v) is 24.2. The van der Waals surface area contributed by atoms with Gasteiger partial charge in [-0.25, -0.2) is 22.8 Å². The van der Waals surface area contributed by atoms with Crippen molar-refractivity contribution in [3.05, 3.63) is 89.7 Å². The van der Waals surface area contributed by atoms with Gasteiger partial charge in [0.15, 0.2) is 0 Å². The van der Waals surface area contributed by atoms with Gasteiger partial charge in [0.2, 0.25) is 0 Å². The molecule has 0 bridgehead atoms. The smallest absolute Gasteiger partial charge is 0.148 e. The number of furan rings is 1. The number of nitrogens with one attached hydrogen (secondary N) is 2. The number of allylic oxidation sites excluding steroid dienone is 3. The highest BCUT2D eigenvalue weighted by Gasteiger charge is 2.26. The number of nitrogens with zero attached hydrogens (tertiary/aromatic N) is 2. The quantitative estimate of drug-likeness (QED) is 0.186. The van der Waals surface area contributed by atoms with Crippen molar-refractivity contribution in [2.75, 3.05) is 30.5 Å². The Morgan fingerprint density at radius 2 is 2.00 bits per heavy atom. The first kappa shape index (κ1) is 28.8. The summed E-state index contributed by atoms with van der Waals surface area (Å²) in [5, 5.41) is 7.61. The van der Waals surface area contributed by atoms with Crippen LogP contribution in [0.1, 0.15) is 19.1 Å². The van der Waals surface area contributed by atoms with Gasteiger partial charge in [0, 0.05) is 41.3 Å². The van der Waals surface area contributed by atoms with Gasteiger partial charge in [0.25, 0.3) is 0 Å². The van der Waals surface area contributed by atoms with Gasteiger partial charge >= 0.3 is 0 Å². The van der Waals surface area contributed by atoms with E-state index in [9.17, 15) is 12.8 Å². The van der Waals surface area contributed by atoms with Gasteiger partial charge in [-0.05, 0) is 54.6 Å². The van der Waals surface area contributed by atoms with Crippen molar-refractivity contribution in [2.24, 2.45) is 5.41 Å². The first-order chi connectivity index (χ1) is 19.6. The van der Waals surface area contributed by atoms with Crippen LogP contribution in [0, 0.1) is 5.41 Å². The lowest BCUT2D eigenvalue weighted by Crippen LogP contribution is -2.24. The molecule has 11 heteroatoms. The fourth-order valence-electron chi connectivity index (χ4n) is 4.47. The van der Waals surface area contributed by atoms with Crippen LogP contribution in [0.25, 0.3) is 22.2 Å². The van der Waals surface area contributed by atoms with Crippen LogP contribution in [0.4, 0.5) is 15.9 Å². The lowest BCUT2D eigenvalue weighted by Gasteiger charge is -2.27. The molecule has 1 unspecified atom stereocenters. The first-order valence-electron chi connectivity index (χ1n) is 13.0. The number of anilines is 2. The van der Waals surface area contributed by atoms with E-state index in [1.807, 2.05) is 49.4 Å². The predicted octanol–water partition coefficient (Wildman–Crippen LogP) is 6.62. The molecule has 8 nitrogen and oxygen atoms in total. The van der Waals surface area contributed by atoms with Crippen molar-refractivity contribution >= 4 is 43.8 Å². The largest absolute Gasteiger partial charge is 0.491 e. The van der Waals surface area contributed by atoms with E-state index in [2.05, 4.69) is 20.6 Å². The molecule has 1 atom stereocenters. The van der Waals surface area contributed by atoms with E-state index in [4.69, 9.17) is 20.8 Å². The summed E-state index contributed by atoms with van der Waals surface area (Å²) in [4.78, 5) is 8.83. The molecular weight excluding hydrogens is 567 g/mol. The fraction of sp³-hybridized carbons (Fsp3) is 0.267. The molecule has 2 aromatic carbocycles. The van der Waals surface area contributed by atoms with Crippen LogP contribution < -0.4 is 15.4 Å². The Labute approximate surface area is 243 Å². The third-order valence-electron chi connectivity index (χ3n) is 6.63. The minimum atomic E-state index is -3.02. The van der Waals surface area contributed by atoms with Crippen LogP contribution in [0.5, 0.6) is 5.75 Å². The summed E-state index contributed by atoms with van der Waals surface area (Å²) >= 11 is 6.53. The van der Waals surface area contributed by atoms with E-state index in [-0.39, 0.29) is 18.0 Å². The highest BCUT2D eigenvalue weighted by Crippen LogP contribution is 2.36. The minimum Gasteiger partial charge on any atom is -0.491 e. The van der Waals surface area contributed by atoms with E-state index in [1.54, 1.807) is 18.2 Å². The van der Waals surface area contributed by atoms with E-state index in [0.29, 0.717) is 53.5 Å². The Morgan fingerprint density at radius 3 is 2.78 bits per heavy atom. The molecule has 0 fully saturated rings. The zero-order valence-electron chi connectivity index (χ0n) is 22.7. The number of halogens is 2. The number of fused-ring (bicyclic) bond motifs is 1. The lowest BCUT2D eigenvalue weighted by molar-refractivity contribution is 0.196. The van der Waals surface area contributed by atoms with Crippen molar-refractivity contribution in [2.45, 2.75) is 19.9 Å². The number of benzene rings is 2. The SMILES string of the molecule is CC1(COc2ccc(Nc3ncnc4ccc(-c5ccc(CNCCS(C)(=O)=O)o5)cc34)cc2Cl)C=CC=C(F)C1. The van der Waals surface area contributed by atoms with Crippen LogP contribution >= 0.6 is 11.6 Å². The fourth-order valence-corrected chi connectivity index (χ4v) is 5.22. The van der Waals surface area contributed by atoms with Gasteiger partial charge in [0.1, 0.15) is 45.1 Å². The maximum absolute atomic E-state index is 13.8. The summed E-state index contributed by atoms with van der Waals surface area (Å²) in [6.07, 6.45) is 8.10. The third-order valence-corrected chi connectivity index (χ3v) is 7.87. The molecule has 0 saturated carbocycles. The van der Waals surface area contributed by atoms with Crippen LogP contribution in [0.3, 0.4) is 0 Å². The third kappa shape index (κ3) is 7.52. The topological polar surface area (TPSA) is 106 Å². The molecule has 0 amide bonds. The molecule has 2 N–H and O–H groups in total. The zero-order chi connectivity index (χ0) is 29.0. The number of rotatable bonds is 11. The molecule has 0 spiro atoms. The van der Waals surface area contributed by atoms with Crippen molar-refractivity contribution in [1.29, 1.82) is 0 Å². The van der Waals surface area contributed by atoms with E-state index in [1.165, 1.54) is 18.7 Å². The second kappa shape index (κ2) is 12.0. The molecule has 0 saturated heterocycles. The average molecular weight is 597 g/mol. The number of aromatic nitrogens is 2. The number of hydrogen-bond donors (Lipinski definition) is 2. The van der Waals surface area contributed by atoms with Crippen LogP contribution in [-0.4, -0.2) is 43.5 Å². The molecule has 41 heavy (non-hydrogen) atoms. The first-order valence-corrected chi connectivity index (χ1v) is 15.5. The number of sulfone groups is 1. The lowest BCUT2D eigenvalue weighted by atomic mass is 9.84. The molecule has 4 aromatic rings. The molecule has 214 valence electrons. The Hall–Kier alpha value is -3.73. The monoisotopic (exact) mass is 596 g/mol. The number of ether oxygens (including phenoxy) is 1. The minimum absolute atomic E-state index is 0.0675. The van der Waals surface area contributed by atoms with Crippen molar-refractivity contribution < 1.29 is 22.0 Å². The maximum atomic E-state index is 13.8. The normalized spacial score (nSPS) is 17.0. The second-order valence-electron chi connectivity index (χ2n) is 10.4. The molecule has 2 heterocycles. The molecule has 1 aliphatic rings. The molecular formula is C30H30ClFN4O4S. The van der Waals surface area contributed by atoms with Gasteiger partial charge in [-0.3, -0.25) is 0 Å². The Balaban J connectivity index is 1.28. The molecule has 1 aliphatic carbocycles. The number of hydrogen-bond acceptors (Lipinski definition) is 8. The van der Waals surface area contributed by atoms with Crippen molar-refractivity contribution in [1.82, 2.24) is 15.3 Å². The summed E-state index contributed by atoms with van der Waals surface area (Å²) < 4.78 is 48.3. The summed E-state index contributed by atoms with van der Waals surface area (Å²) in [5.41, 5.74) is 1.86. The molecule has 0 radical (unpaired) electrons. The van der Waals surface area contributed by atoms with Gasteiger partial charge in [0.05, 0.1) is 29.4 Å². The van der Waals surface area contributed by atoms with E-state index < -0.39 is 15.3 Å². The maximum Gasteiger partial charge on any atom is 0.148 e. The summed E-state index contributed by atoms with van der Waals surface area (Å²) in [7, 11) is -3.02. The Kier molecular flexibility index (Phi) is 8.44. The molecule has 0 aliphatic heterocycles. The van der Waals surface area contributed by atoms with Crippen LogP contribution in [-0.2, 0) is 16.4 Å². The summed E-state index contributed by atoms with van der Waals surface area (Å²) in [5.74, 6) is 2.37.